The molecule has 3 heterocycles. The lowest BCUT2D eigenvalue weighted by Crippen LogP contribution is -2.40. The lowest BCUT2D eigenvalue weighted by Gasteiger charge is -2.32. The first-order valence-corrected chi connectivity index (χ1v) is 12.9. The normalized spacial score (nSPS) is 15.2. The van der Waals surface area contributed by atoms with E-state index in [1.54, 1.807) is 0 Å². The molecule has 1 aliphatic heterocycles. The summed E-state index contributed by atoms with van der Waals surface area (Å²) in [5, 5.41) is 4.66. The number of likely N-dealkylation sites (tertiary alicyclic amines) is 1. The molecule has 1 fully saturated rings. The smallest absolute Gasteiger partial charge is 0.348 e. The highest BCUT2D eigenvalue weighted by molar-refractivity contribution is 7.20. The number of hydrogen-bond donors (Lipinski definition) is 1. The Kier molecular flexibility index (Phi) is 8.13. The number of ether oxygens (including phenoxy) is 1. The molecule has 34 heavy (non-hydrogen) atoms. The number of carbonyl (C=O) groups excluding carboxylic acids is 1. The molecular formula is C26H35N5O2S. The number of esters is 1. The minimum atomic E-state index is -0.283. The predicted octanol–water partition coefficient (Wildman–Crippen LogP) is 4.36. The molecular weight excluding hydrogens is 446 g/mol. The van der Waals surface area contributed by atoms with Gasteiger partial charge in [0.1, 0.15) is 21.3 Å². The van der Waals surface area contributed by atoms with Gasteiger partial charge in [-0.2, -0.15) is 0 Å². The number of aromatic nitrogens is 2. The van der Waals surface area contributed by atoms with Crippen molar-refractivity contribution in [2.24, 2.45) is 0 Å². The first-order valence-electron chi connectivity index (χ1n) is 12.1. The maximum absolute atomic E-state index is 12.5. The number of fused-ring (bicyclic) bond motifs is 1. The molecule has 4 rings (SSSR count). The standard InChI is InChI=1S/C26H35N5O2S/c1-5-33-26(32)23-18(2)22-24(28-21(17-30(3)4)29-25(22)34-23)27-20-12-15-31(16-13-20)14-11-19-9-7-6-8-10-19/h6-10,20H,5,11-17H2,1-4H3,(H,27,28,29). The highest BCUT2D eigenvalue weighted by Crippen LogP contribution is 2.35. The summed E-state index contributed by atoms with van der Waals surface area (Å²) in [6, 6.07) is 11.0. The zero-order valence-corrected chi connectivity index (χ0v) is 21.5. The fourth-order valence-corrected chi connectivity index (χ4v) is 5.55. The van der Waals surface area contributed by atoms with Crippen molar-refractivity contribution in [1.29, 1.82) is 0 Å². The van der Waals surface area contributed by atoms with Crippen LogP contribution in [0.3, 0.4) is 0 Å². The van der Waals surface area contributed by atoms with Crippen LogP contribution < -0.4 is 5.32 Å². The molecule has 1 aliphatic rings. The van der Waals surface area contributed by atoms with Gasteiger partial charge >= 0.3 is 5.97 Å². The van der Waals surface area contributed by atoms with Crippen LogP contribution in [-0.4, -0.2) is 72.1 Å². The summed E-state index contributed by atoms with van der Waals surface area (Å²) in [5.41, 5.74) is 2.29. The molecule has 1 saturated heterocycles. The molecule has 1 aromatic carbocycles. The van der Waals surface area contributed by atoms with Gasteiger partial charge in [0.15, 0.2) is 0 Å². The van der Waals surface area contributed by atoms with E-state index in [0.29, 0.717) is 24.1 Å². The highest BCUT2D eigenvalue weighted by Gasteiger charge is 2.24. The molecule has 0 saturated carbocycles. The third kappa shape index (κ3) is 5.92. The monoisotopic (exact) mass is 481 g/mol. The van der Waals surface area contributed by atoms with Crippen LogP contribution in [0.4, 0.5) is 5.82 Å². The Labute approximate surface area is 206 Å². The van der Waals surface area contributed by atoms with Crippen LogP contribution in [0.15, 0.2) is 30.3 Å². The summed E-state index contributed by atoms with van der Waals surface area (Å²) in [6.45, 7) is 8.03. The second-order valence-corrected chi connectivity index (χ2v) is 10.2. The number of aryl methyl sites for hydroxylation is 1. The third-order valence-electron chi connectivity index (χ3n) is 6.24. The number of benzene rings is 1. The Balaban J connectivity index is 1.48. The van der Waals surface area contributed by atoms with Gasteiger partial charge in [-0.3, -0.25) is 0 Å². The van der Waals surface area contributed by atoms with Gasteiger partial charge in [0.25, 0.3) is 0 Å². The molecule has 3 aromatic rings. The molecule has 8 heteroatoms. The zero-order chi connectivity index (χ0) is 24.1. The predicted molar refractivity (Wildman–Crippen MR) is 139 cm³/mol. The van der Waals surface area contributed by atoms with E-state index in [-0.39, 0.29) is 5.97 Å². The van der Waals surface area contributed by atoms with Crippen LogP contribution in [0.5, 0.6) is 0 Å². The van der Waals surface area contributed by atoms with Crippen molar-refractivity contribution in [3.8, 4) is 0 Å². The first-order chi connectivity index (χ1) is 16.4. The van der Waals surface area contributed by atoms with Gasteiger partial charge < -0.3 is 19.9 Å². The van der Waals surface area contributed by atoms with Gasteiger partial charge in [-0.1, -0.05) is 30.3 Å². The van der Waals surface area contributed by atoms with E-state index in [1.807, 2.05) is 27.9 Å². The Morgan fingerprint density at radius 2 is 1.94 bits per heavy atom. The summed E-state index contributed by atoms with van der Waals surface area (Å²) in [4.78, 5) is 28.2. The zero-order valence-electron chi connectivity index (χ0n) is 20.6. The van der Waals surface area contributed by atoms with E-state index in [2.05, 4.69) is 45.4 Å². The van der Waals surface area contributed by atoms with E-state index in [1.165, 1.54) is 16.9 Å². The van der Waals surface area contributed by atoms with Gasteiger partial charge in [0.05, 0.1) is 18.5 Å². The lowest BCUT2D eigenvalue weighted by molar-refractivity contribution is 0.0531. The number of thiophene rings is 1. The van der Waals surface area contributed by atoms with Crippen molar-refractivity contribution >= 4 is 33.3 Å². The molecule has 182 valence electrons. The van der Waals surface area contributed by atoms with Crippen LogP contribution in [0.1, 0.15) is 46.4 Å². The minimum absolute atomic E-state index is 0.283. The molecule has 0 radical (unpaired) electrons. The molecule has 0 aliphatic carbocycles. The fourth-order valence-electron chi connectivity index (χ4n) is 4.46. The number of nitrogens with zero attached hydrogens (tertiary/aromatic N) is 4. The average Bonchev–Trinajstić information content (AvgIpc) is 3.15. The SMILES string of the molecule is CCOC(=O)c1sc2nc(CN(C)C)nc(NC3CCN(CCc4ccccc4)CC3)c2c1C. The maximum Gasteiger partial charge on any atom is 0.348 e. The van der Waals surface area contributed by atoms with E-state index in [4.69, 9.17) is 14.7 Å². The molecule has 0 amide bonds. The molecule has 1 N–H and O–H groups in total. The van der Waals surface area contributed by atoms with E-state index < -0.39 is 0 Å². The van der Waals surface area contributed by atoms with Crippen LogP contribution in [0.25, 0.3) is 10.2 Å². The number of rotatable bonds is 9. The number of carbonyl (C=O) groups is 1. The van der Waals surface area contributed by atoms with E-state index in [0.717, 1.165) is 66.3 Å². The molecule has 7 nitrogen and oxygen atoms in total. The van der Waals surface area contributed by atoms with Crippen molar-refractivity contribution in [3.05, 3.63) is 52.2 Å². The first kappa shape index (κ1) is 24.6. The molecule has 2 aromatic heterocycles. The van der Waals surface area contributed by atoms with Gasteiger partial charge in [0.2, 0.25) is 0 Å². The van der Waals surface area contributed by atoms with Crippen molar-refractivity contribution in [3.63, 3.8) is 0 Å². The molecule has 0 bridgehead atoms. The van der Waals surface area contributed by atoms with Crippen LogP contribution in [0.2, 0.25) is 0 Å². The second kappa shape index (κ2) is 11.3. The van der Waals surface area contributed by atoms with Gasteiger partial charge in [-0.25, -0.2) is 14.8 Å². The Bertz CT molecular complexity index is 1110. The summed E-state index contributed by atoms with van der Waals surface area (Å²) in [7, 11) is 4.02. The van der Waals surface area contributed by atoms with E-state index in [9.17, 15) is 4.79 Å². The number of hydrogen-bond acceptors (Lipinski definition) is 8. The van der Waals surface area contributed by atoms with Crippen molar-refractivity contribution in [1.82, 2.24) is 19.8 Å². The minimum Gasteiger partial charge on any atom is -0.462 e. The number of piperidine rings is 1. The summed E-state index contributed by atoms with van der Waals surface area (Å²) in [6.07, 6.45) is 3.22. The third-order valence-corrected chi connectivity index (χ3v) is 7.41. The van der Waals surface area contributed by atoms with Gasteiger partial charge in [-0.15, -0.1) is 11.3 Å². The van der Waals surface area contributed by atoms with Crippen LogP contribution in [0, 0.1) is 6.92 Å². The van der Waals surface area contributed by atoms with Crippen molar-refractivity contribution in [2.75, 3.05) is 45.7 Å². The summed E-state index contributed by atoms with van der Waals surface area (Å²) in [5.74, 6) is 1.32. The summed E-state index contributed by atoms with van der Waals surface area (Å²) < 4.78 is 5.28. The second-order valence-electron chi connectivity index (χ2n) is 9.18. The summed E-state index contributed by atoms with van der Waals surface area (Å²) >= 11 is 1.40. The Hall–Kier alpha value is -2.55. The number of anilines is 1. The van der Waals surface area contributed by atoms with Gasteiger partial charge in [-0.05, 0) is 58.3 Å². The van der Waals surface area contributed by atoms with E-state index >= 15 is 0 Å². The lowest BCUT2D eigenvalue weighted by atomic mass is 10.0. The Morgan fingerprint density at radius 3 is 2.62 bits per heavy atom. The average molecular weight is 482 g/mol. The Morgan fingerprint density at radius 1 is 1.21 bits per heavy atom. The molecule has 0 atom stereocenters. The van der Waals surface area contributed by atoms with Gasteiger partial charge in [0, 0.05) is 25.7 Å². The fraction of sp³-hybridized carbons (Fsp3) is 0.500. The molecule has 0 unspecified atom stereocenters. The van der Waals surface area contributed by atoms with Crippen LogP contribution >= 0.6 is 11.3 Å². The largest absolute Gasteiger partial charge is 0.462 e. The quantitative estimate of drug-likeness (QED) is 0.456. The van der Waals surface area contributed by atoms with Crippen LogP contribution in [-0.2, 0) is 17.7 Å². The number of nitrogens with one attached hydrogen (secondary N) is 1. The maximum atomic E-state index is 12.5. The van der Waals surface area contributed by atoms with Crippen molar-refractivity contribution in [2.45, 2.75) is 45.7 Å². The molecule has 0 spiro atoms. The highest BCUT2D eigenvalue weighted by atomic mass is 32.1. The topological polar surface area (TPSA) is 70.6 Å². The van der Waals surface area contributed by atoms with Crippen molar-refractivity contribution < 1.29 is 9.53 Å².